The van der Waals surface area contributed by atoms with Crippen LogP contribution in [0, 0.1) is 11.3 Å². The molecular formula is C11H19N5O2S. The van der Waals surface area contributed by atoms with E-state index in [0.717, 1.165) is 6.26 Å². The second-order valence-electron chi connectivity index (χ2n) is 4.22. The van der Waals surface area contributed by atoms with Gasteiger partial charge in [-0.15, -0.1) is 0 Å². The fraction of sp³-hybridized carbons (Fsp3) is 0.636. The second-order valence-corrected chi connectivity index (χ2v) is 6.48. The molecule has 0 fully saturated rings. The Morgan fingerprint density at radius 2 is 2.00 bits per heavy atom. The molecule has 1 heterocycles. The SMILES string of the molecule is CCN(CC)c1nn(CCS(C)(=O)=O)c(N)c1C#N. The van der Waals surface area contributed by atoms with Gasteiger partial charge in [0.05, 0.1) is 12.3 Å². The Labute approximate surface area is 113 Å². The number of nitriles is 1. The van der Waals surface area contributed by atoms with Crippen LogP contribution < -0.4 is 10.6 Å². The predicted octanol–water partition coefficient (Wildman–Crippen LogP) is 0.228. The summed E-state index contributed by atoms with van der Waals surface area (Å²) in [4.78, 5) is 1.91. The molecule has 0 saturated heterocycles. The van der Waals surface area contributed by atoms with E-state index in [4.69, 9.17) is 11.0 Å². The fourth-order valence-corrected chi connectivity index (χ4v) is 2.24. The van der Waals surface area contributed by atoms with Crippen LogP contribution in [0.4, 0.5) is 11.6 Å². The summed E-state index contributed by atoms with van der Waals surface area (Å²) in [6.07, 6.45) is 1.16. The number of nitrogen functional groups attached to an aromatic ring is 1. The molecule has 1 aromatic rings. The first-order valence-electron chi connectivity index (χ1n) is 6.03. The summed E-state index contributed by atoms with van der Waals surface area (Å²) in [7, 11) is -3.09. The van der Waals surface area contributed by atoms with Crippen molar-refractivity contribution in [1.82, 2.24) is 9.78 Å². The van der Waals surface area contributed by atoms with E-state index >= 15 is 0 Å². The maximum Gasteiger partial charge on any atom is 0.170 e. The molecule has 0 aliphatic heterocycles. The van der Waals surface area contributed by atoms with Gasteiger partial charge in [-0.05, 0) is 13.8 Å². The third-order valence-electron chi connectivity index (χ3n) is 2.82. The Morgan fingerprint density at radius 1 is 1.42 bits per heavy atom. The average molecular weight is 285 g/mol. The normalized spacial score (nSPS) is 11.3. The first-order chi connectivity index (χ1) is 8.84. The number of anilines is 2. The second kappa shape index (κ2) is 5.93. The Morgan fingerprint density at radius 3 is 2.42 bits per heavy atom. The van der Waals surface area contributed by atoms with Crippen LogP contribution >= 0.6 is 0 Å². The van der Waals surface area contributed by atoms with Gasteiger partial charge < -0.3 is 10.6 Å². The van der Waals surface area contributed by atoms with Crippen molar-refractivity contribution >= 4 is 21.5 Å². The molecule has 0 spiro atoms. The highest BCUT2D eigenvalue weighted by molar-refractivity contribution is 7.90. The molecule has 1 aromatic heterocycles. The minimum absolute atomic E-state index is 0.0541. The highest BCUT2D eigenvalue weighted by atomic mass is 32.2. The van der Waals surface area contributed by atoms with E-state index < -0.39 is 9.84 Å². The zero-order valence-corrected chi connectivity index (χ0v) is 12.2. The Kier molecular flexibility index (Phi) is 4.78. The van der Waals surface area contributed by atoms with Gasteiger partial charge in [-0.25, -0.2) is 13.1 Å². The van der Waals surface area contributed by atoms with E-state index in [-0.39, 0.29) is 18.1 Å². The molecular weight excluding hydrogens is 266 g/mol. The van der Waals surface area contributed by atoms with Gasteiger partial charge in [0.1, 0.15) is 27.3 Å². The molecule has 0 bridgehead atoms. The Balaban J connectivity index is 3.12. The zero-order valence-electron chi connectivity index (χ0n) is 11.4. The third-order valence-corrected chi connectivity index (χ3v) is 3.75. The van der Waals surface area contributed by atoms with Crippen molar-refractivity contribution in [2.45, 2.75) is 20.4 Å². The van der Waals surface area contributed by atoms with Crippen LogP contribution in [0.3, 0.4) is 0 Å². The van der Waals surface area contributed by atoms with Gasteiger partial charge in [0.15, 0.2) is 5.82 Å². The van der Waals surface area contributed by atoms with Gasteiger partial charge in [0, 0.05) is 19.3 Å². The first-order valence-corrected chi connectivity index (χ1v) is 8.09. The summed E-state index contributed by atoms with van der Waals surface area (Å²) in [5.41, 5.74) is 6.15. The molecule has 0 radical (unpaired) electrons. The number of sulfone groups is 1. The summed E-state index contributed by atoms with van der Waals surface area (Å²) < 4.78 is 23.7. The van der Waals surface area contributed by atoms with Crippen LogP contribution in [-0.2, 0) is 16.4 Å². The number of nitrogens with zero attached hydrogens (tertiary/aromatic N) is 4. The monoisotopic (exact) mass is 285 g/mol. The van der Waals surface area contributed by atoms with E-state index in [1.165, 1.54) is 4.68 Å². The summed E-state index contributed by atoms with van der Waals surface area (Å²) in [5, 5.41) is 13.4. The van der Waals surface area contributed by atoms with Crippen molar-refractivity contribution in [3.63, 3.8) is 0 Å². The van der Waals surface area contributed by atoms with E-state index in [2.05, 4.69) is 5.10 Å². The molecule has 0 unspecified atom stereocenters. The molecule has 8 heteroatoms. The summed E-state index contributed by atoms with van der Waals surface area (Å²) in [6.45, 7) is 5.47. The molecule has 19 heavy (non-hydrogen) atoms. The van der Waals surface area contributed by atoms with Gasteiger partial charge in [-0.2, -0.15) is 10.4 Å². The maximum absolute atomic E-state index is 11.2. The minimum Gasteiger partial charge on any atom is -0.383 e. The Bertz CT molecular complexity index is 581. The molecule has 0 amide bonds. The number of hydrogen-bond donors (Lipinski definition) is 1. The zero-order chi connectivity index (χ0) is 14.6. The van der Waals surface area contributed by atoms with E-state index in [1.54, 1.807) is 0 Å². The van der Waals surface area contributed by atoms with Crippen molar-refractivity contribution in [2.75, 3.05) is 35.7 Å². The smallest absolute Gasteiger partial charge is 0.170 e. The van der Waals surface area contributed by atoms with Gasteiger partial charge in [-0.1, -0.05) is 0 Å². The average Bonchev–Trinajstić information content (AvgIpc) is 2.64. The summed E-state index contributed by atoms with van der Waals surface area (Å²) in [5.74, 6) is 0.674. The van der Waals surface area contributed by atoms with Crippen molar-refractivity contribution in [2.24, 2.45) is 0 Å². The van der Waals surface area contributed by atoms with E-state index in [0.29, 0.717) is 24.5 Å². The van der Waals surface area contributed by atoms with Crippen LogP contribution in [0.1, 0.15) is 19.4 Å². The van der Waals surface area contributed by atoms with Gasteiger partial charge in [-0.3, -0.25) is 0 Å². The van der Waals surface area contributed by atoms with E-state index in [9.17, 15) is 8.42 Å². The Hall–Kier alpha value is -1.75. The lowest BCUT2D eigenvalue weighted by atomic mass is 10.3. The quantitative estimate of drug-likeness (QED) is 0.802. The largest absolute Gasteiger partial charge is 0.383 e. The molecule has 1 rings (SSSR count). The van der Waals surface area contributed by atoms with Gasteiger partial charge in [0.2, 0.25) is 0 Å². The van der Waals surface area contributed by atoms with Crippen LogP contribution in [0.25, 0.3) is 0 Å². The number of rotatable bonds is 6. The fourth-order valence-electron chi connectivity index (χ4n) is 1.74. The topological polar surface area (TPSA) is 105 Å². The number of aryl methyl sites for hydroxylation is 1. The standard InChI is InChI=1S/C11H19N5O2S/c1-4-15(5-2)11-9(8-12)10(13)16(14-11)6-7-19(3,17)18/h4-7,13H2,1-3H3. The highest BCUT2D eigenvalue weighted by Crippen LogP contribution is 2.24. The summed E-state index contributed by atoms with van der Waals surface area (Å²) in [6, 6.07) is 2.03. The third kappa shape index (κ3) is 3.61. The number of hydrogen-bond acceptors (Lipinski definition) is 6. The van der Waals surface area contributed by atoms with Crippen LogP contribution in [0.2, 0.25) is 0 Å². The molecule has 0 saturated carbocycles. The van der Waals surface area contributed by atoms with Crippen LogP contribution in [0.5, 0.6) is 0 Å². The number of aromatic nitrogens is 2. The lowest BCUT2D eigenvalue weighted by Crippen LogP contribution is -2.23. The van der Waals surface area contributed by atoms with E-state index in [1.807, 2.05) is 24.8 Å². The molecule has 2 N–H and O–H groups in total. The van der Waals surface area contributed by atoms with Gasteiger partial charge in [0.25, 0.3) is 0 Å². The lowest BCUT2D eigenvalue weighted by molar-refractivity contribution is 0.587. The molecule has 0 aliphatic carbocycles. The van der Waals surface area contributed by atoms with Crippen LogP contribution in [0.15, 0.2) is 0 Å². The lowest BCUT2D eigenvalue weighted by Gasteiger charge is -2.17. The van der Waals surface area contributed by atoms with Crippen molar-refractivity contribution < 1.29 is 8.42 Å². The van der Waals surface area contributed by atoms with Crippen molar-refractivity contribution in [1.29, 1.82) is 5.26 Å². The first kappa shape index (κ1) is 15.3. The van der Waals surface area contributed by atoms with Gasteiger partial charge >= 0.3 is 0 Å². The molecule has 0 aromatic carbocycles. The molecule has 0 atom stereocenters. The maximum atomic E-state index is 11.2. The summed E-state index contributed by atoms with van der Waals surface area (Å²) >= 11 is 0. The minimum atomic E-state index is -3.09. The molecule has 7 nitrogen and oxygen atoms in total. The predicted molar refractivity (Wildman–Crippen MR) is 74.6 cm³/mol. The highest BCUT2D eigenvalue weighted by Gasteiger charge is 2.19. The number of nitrogens with two attached hydrogens (primary N) is 1. The molecule has 106 valence electrons. The van der Waals surface area contributed by atoms with Crippen molar-refractivity contribution in [3.8, 4) is 6.07 Å². The van der Waals surface area contributed by atoms with Crippen molar-refractivity contribution in [3.05, 3.63) is 5.56 Å². The molecule has 0 aliphatic rings. The van der Waals surface area contributed by atoms with Crippen LogP contribution in [-0.4, -0.2) is 43.3 Å².